The second-order valence-electron chi connectivity index (χ2n) is 5.61. The van der Waals surface area contributed by atoms with Crippen molar-refractivity contribution in [2.75, 3.05) is 19.6 Å². The van der Waals surface area contributed by atoms with Crippen LogP contribution in [-0.4, -0.2) is 48.3 Å². The number of carbonyl (C=O) groups excluding carboxylic acids is 3. The van der Waals surface area contributed by atoms with Gasteiger partial charge < -0.3 is 15.5 Å². The number of piperidine rings is 1. The summed E-state index contributed by atoms with van der Waals surface area (Å²) in [6, 6.07) is 10.5. The molecule has 1 aliphatic rings. The van der Waals surface area contributed by atoms with Crippen molar-refractivity contribution >= 4 is 17.7 Å². The zero-order chi connectivity index (χ0) is 17.4. The molecule has 0 saturated carbocycles. The molecule has 0 unspecified atom stereocenters. The first-order chi connectivity index (χ1) is 11.6. The van der Waals surface area contributed by atoms with Gasteiger partial charge >= 0.3 is 0 Å². The summed E-state index contributed by atoms with van der Waals surface area (Å²) in [6.07, 6.45) is 1.19. The quantitative estimate of drug-likeness (QED) is 0.818. The fraction of sp³-hybridized carbons (Fsp3) is 0.412. The van der Waals surface area contributed by atoms with Gasteiger partial charge in [-0.2, -0.15) is 5.26 Å². The molecule has 0 aromatic heterocycles. The number of nitriles is 1. The summed E-state index contributed by atoms with van der Waals surface area (Å²) < 4.78 is 0. The lowest BCUT2D eigenvalue weighted by molar-refractivity contribution is -0.131. The first kappa shape index (κ1) is 17.5. The number of hydrogen-bond donors (Lipinski definition) is 2. The van der Waals surface area contributed by atoms with Gasteiger partial charge in [0.15, 0.2) is 0 Å². The molecule has 1 aromatic carbocycles. The van der Waals surface area contributed by atoms with Crippen molar-refractivity contribution in [2.45, 2.75) is 25.3 Å². The Hall–Kier alpha value is -2.88. The number of nitrogens with zero attached hydrogens (tertiary/aromatic N) is 2. The molecule has 1 aliphatic heterocycles. The third-order valence-corrected chi connectivity index (χ3v) is 3.89. The SMILES string of the molecule is N#CCC(=O)N1CCC(NC(=O)CNC(=O)c2ccccc2)CC1. The normalized spacial score (nSPS) is 14.5. The summed E-state index contributed by atoms with van der Waals surface area (Å²) in [5, 5.41) is 14.0. The number of benzene rings is 1. The van der Waals surface area contributed by atoms with Gasteiger partial charge in [0.05, 0.1) is 12.6 Å². The van der Waals surface area contributed by atoms with Gasteiger partial charge in [0.1, 0.15) is 6.42 Å². The third kappa shape index (κ3) is 5.09. The maximum atomic E-state index is 11.9. The molecule has 1 saturated heterocycles. The molecular weight excluding hydrogens is 308 g/mol. The monoisotopic (exact) mass is 328 g/mol. The zero-order valence-corrected chi connectivity index (χ0v) is 13.3. The lowest BCUT2D eigenvalue weighted by atomic mass is 10.0. The van der Waals surface area contributed by atoms with Crippen LogP contribution in [0.3, 0.4) is 0 Å². The Morgan fingerprint density at radius 2 is 1.83 bits per heavy atom. The van der Waals surface area contributed by atoms with Gasteiger partial charge in [0.25, 0.3) is 5.91 Å². The maximum absolute atomic E-state index is 11.9. The average Bonchev–Trinajstić information content (AvgIpc) is 2.61. The van der Waals surface area contributed by atoms with Crippen molar-refractivity contribution in [1.82, 2.24) is 15.5 Å². The second-order valence-corrected chi connectivity index (χ2v) is 5.61. The molecule has 3 amide bonds. The van der Waals surface area contributed by atoms with E-state index in [4.69, 9.17) is 5.26 Å². The lowest BCUT2D eigenvalue weighted by Crippen LogP contribution is -2.48. The summed E-state index contributed by atoms with van der Waals surface area (Å²) in [4.78, 5) is 37.0. The number of carbonyl (C=O) groups is 3. The van der Waals surface area contributed by atoms with Crippen molar-refractivity contribution in [3.8, 4) is 6.07 Å². The van der Waals surface area contributed by atoms with E-state index in [1.165, 1.54) is 0 Å². The van der Waals surface area contributed by atoms with Gasteiger partial charge in [-0.1, -0.05) is 18.2 Å². The standard InChI is InChI=1S/C17H20N4O3/c18-9-6-16(23)21-10-7-14(8-11-21)20-15(22)12-19-17(24)13-4-2-1-3-5-13/h1-5,14H,6-8,10-12H2,(H,19,24)(H,20,22). The van der Waals surface area contributed by atoms with Gasteiger partial charge in [-0.15, -0.1) is 0 Å². The molecule has 1 aromatic rings. The Labute approximate surface area is 140 Å². The van der Waals surface area contributed by atoms with Gasteiger partial charge in [-0.25, -0.2) is 0 Å². The van der Waals surface area contributed by atoms with Crippen molar-refractivity contribution in [3.63, 3.8) is 0 Å². The van der Waals surface area contributed by atoms with Crippen LogP contribution in [0.25, 0.3) is 0 Å². The Morgan fingerprint density at radius 1 is 1.17 bits per heavy atom. The summed E-state index contributed by atoms with van der Waals surface area (Å²) in [7, 11) is 0. The molecule has 126 valence electrons. The van der Waals surface area contributed by atoms with Crippen LogP contribution in [0.1, 0.15) is 29.6 Å². The first-order valence-corrected chi connectivity index (χ1v) is 7.87. The van der Waals surface area contributed by atoms with Crippen LogP contribution in [0.5, 0.6) is 0 Å². The molecule has 0 radical (unpaired) electrons. The van der Waals surface area contributed by atoms with Crippen LogP contribution in [0.15, 0.2) is 30.3 Å². The van der Waals surface area contributed by atoms with Gasteiger partial charge in [-0.3, -0.25) is 14.4 Å². The van der Waals surface area contributed by atoms with E-state index in [0.717, 1.165) is 0 Å². The van der Waals surface area contributed by atoms with Crippen molar-refractivity contribution in [3.05, 3.63) is 35.9 Å². The van der Waals surface area contributed by atoms with Crippen molar-refractivity contribution in [1.29, 1.82) is 5.26 Å². The highest BCUT2D eigenvalue weighted by molar-refractivity contribution is 5.96. The molecule has 7 heteroatoms. The molecule has 7 nitrogen and oxygen atoms in total. The fourth-order valence-electron chi connectivity index (χ4n) is 2.58. The van der Waals surface area contributed by atoms with Gasteiger partial charge in [-0.05, 0) is 25.0 Å². The third-order valence-electron chi connectivity index (χ3n) is 3.89. The van der Waals surface area contributed by atoms with E-state index >= 15 is 0 Å². The number of rotatable bonds is 5. The number of nitrogens with one attached hydrogen (secondary N) is 2. The summed E-state index contributed by atoms with van der Waals surface area (Å²) in [5.41, 5.74) is 0.509. The Morgan fingerprint density at radius 3 is 2.46 bits per heavy atom. The van der Waals surface area contributed by atoms with Crippen LogP contribution in [0.4, 0.5) is 0 Å². The molecule has 2 N–H and O–H groups in total. The van der Waals surface area contributed by atoms with E-state index in [-0.39, 0.29) is 36.7 Å². The van der Waals surface area contributed by atoms with E-state index in [0.29, 0.717) is 31.5 Å². The maximum Gasteiger partial charge on any atom is 0.251 e. The Bertz CT molecular complexity index is 631. The molecule has 0 bridgehead atoms. The van der Waals surface area contributed by atoms with Gasteiger partial charge in [0, 0.05) is 24.7 Å². The fourth-order valence-corrected chi connectivity index (χ4v) is 2.58. The minimum atomic E-state index is -0.289. The van der Waals surface area contributed by atoms with Crippen LogP contribution in [0.2, 0.25) is 0 Å². The molecule has 0 aliphatic carbocycles. The smallest absolute Gasteiger partial charge is 0.251 e. The molecule has 1 fully saturated rings. The van der Waals surface area contributed by atoms with E-state index in [1.807, 2.05) is 12.1 Å². The van der Waals surface area contributed by atoms with E-state index in [1.54, 1.807) is 29.2 Å². The average molecular weight is 328 g/mol. The number of likely N-dealkylation sites (tertiary alicyclic amines) is 1. The topological polar surface area (TPSA) is 102 Å². The van der Waals surface area contributed by atoms with Crippen molar-refractivity contribution in [2.24, 2.45) is 0 Å². The molecule has 2 rings (SSSR count). The Balaban J connectivity index is 1.69. The molecule has 0 spiro atoms. The largest absolute Gasteiger partial charge is 0.352 e. The zero-order valence-electron chi connectivity index (χ0n) is 13.3. The lowest BCUT2D eigenvalue weighted by Gasteiger charge is -2.32. The molecule has 24 heavy (non-hydrogen) atoms. The van der Waals surface area contributed by atoms with Crippen LogP contribution < -0.4 is 10.6 Å². The predicted molar refractivity (Wildman–Crippen MR) is 86.7 cm³/mol. The van der Waals surface area contributed by atoms with Crippen LogP contribution in [-0.2, 0) is 9.59 Å². The minimum Gasteiger partial charge on any atom is -0.352 e. The highest BCUT2D eigenvalue weighted by Crippen LogP contribution is 2.11. The Kier molecular flexibility index (Phi) is 6.32. The highest BCUT2D eigenvalue weighted by Gasteiger charge is 2.23. The summed E-state index contributed by atoms with van der Waals surface area (Å²) in [6.45, 7) is 0.977. The highest BCUT2D eigenvalue weighted by atomic mass is 16.2. The second kappa shape index (κ2) is 8.67. The van der Waals surface area contributed by atoms with E-state index < -0.39 is 0 Å². The molecule has 0 atom stereocenters. The first-order valence-electron chi connectivity index (χ1n) is 7.87. The predicted octanol–water partition coefficient (Wildman–Crippen LogP) is 0.437. The summed E-state index contributed by atoms with van der Waals surface area (Å²) in [5.74, 6) is -0.707. The number of hydrogen-bond acceptors (Lipinski definition) is 4. The molecule has 1 heterocycles. The number of amides is 3. The molecular formula is C17H20N4O3. The van der Waals surface area contributed by atoms with E-state index in [2.05, 4.69) is 10.6 Å². The van der Waals surface area contributed by atoms with Crippen LogP contribution in [0, 0.1) is 11.3 Å². The van der Waals surface area contributed by atoms with Crippen LogP contribution >= 0.6 is 0 Å². The summed E-state index contributed by atoms with van der Waals surface area (Å²) >= 11 is 0. The van der Waals surface area contributed by atoms with Gasteiger partial charge in [0.2, 0.25) is 11.8 Å². The van der Waals surface area contributed by atoms with Crippen molar-refractivity contribution < 1.29 is 14.4 Å². The van der Waals surface area contributed by atoms with E-state index in [9.17, 15) is 14.4 Å². The minimum absolute atomic E-state index is 0.0164.